The smallest absolute Gasteiger partial charge is 0.191 e. The molecule has 2 aromatic rings. The Balaban J connectivity index is 1.52. The highest BCUT2D eigenvalue weighted by Gasteiger charge is 2.35. The van der Waals surface area contributed by atoms with Crippen molar-refractivity contribution in [3.05, 3.63) is 42.4 Å². The van der Waals surface area contributed by atoms with E-state index in [1.807, 2.05) is 24.4 Å². The summed E-state index contributed by atoms with van der Waals surface area (Å²) in [6, 6.07) is 10.2. The van der Waals surface area contributed by atoms with Gasteiger partial charge in [-0.2, -0.15) is 0 Å². The van der Waals surface area contributed by atoms with Gasteiger partial charge in [0, 0.05) is 26.1 Å². The van der Waals surface area contributed by atoms with Crippen LogP contribution in [0.5, 0.6) is 0 Å². The Morgan fingerprint density at radius 2 is 2.04 bits per heavy atom. The molecule has 3 rings (SSSR count). The van der Waals surface area contributed by atoms with Crippen LogP contribution in [-0.4, -0.2) is 42.2 Å². The molecule has 0 amide bonds. The first-order valence-corrected chi connectivity index (χ1v) is 10.1. The largest absolute Gasteiger partial charge is 0.377 e. The van der Waals surface area contributed by atoms with Gasteiger partial charge >= 0.3 is 0 Å². The van der Waals surface area contributed by atoms with Crippen LogP contribution in [0, 0.1) is 11.3 Å². The van der Waals surface area contributed by atoms with Crippen molar-refractivity contribution in [1.29, 1.82) is 0 Å². The van der Waals surface area contributed by atoms with E-state index in [1.165, 1.54) is 6.42 Å². The predicted octanol–water partition coefficient (Wildman–Crippen LogP) is 3.58. The Bertz CT molecular complexity index is 763. The van der Waals surface area contributed by atoms with Crippen LogP contribution in [-0.2, 0) is 11.3 Å². The summed E-state index contributed by atoms with van der Waals surface area (Å²) in [6.45, 7) is 9.08. The number of guanidine groups is 1. The minimum Gasteiger partial charge on any atom is -0.377 e. The zero-order valence-electron chi connectivity index (χ0n) is 17.5. The van der Waals surface area contributed by atoms with Crippen LogP contribution in [0.4, 0.5) is 0 Å². The Labute approximate surface area is 168 Å². The third-order valence-corrected chi connectivity index (χ3v) is 5.19. The summed E-state index contributed by atoms with van der Waals surface area (Å²) >= 11 is 0. The molecule has 6 heteroatoms. The number of benzene rings is 1. The average Bonchev–Trinajstić information content (AvgIpc) is 3.17. The number of aliphatic imine (C=N–C) groups is 1. The molecular weight excluding hydrogens is 350 g/mol. The third kappa shape index (κ3) is 5.35. The number of aromatic nitrogens is 2. The molecule has 1 aliphatic rings. The van der Waals surface area contributed by atoms with Gasteiger partial charge in [-0.15, -0.1) is 0 Å². The highest BCUT2D eigenvalue weighted by molar-refractivity contribution is 5.79. The molecule has 1 aromatic heterocycles. The maximum atomic E-state index is 6.08. The molecule has 3 N–H and O–H groups in total. The lowest BCUT2D eigenvalue weighted by Crippen LogP contribution is -2.47. The summed E-state index contributed by atoms with van der Waals surface area (Å²) in [5.74, 6) is 2.16. The van der Waals surface area contributed by atoms with E-state index in [0.717, 1.165) is 42.6 Å². The Morgan fingerprint density at radius 3 is 2.75 bits per heavy atom. The van der Waals surface area contributed by atoms with E-state index in [-0.39, 0.29) is 11.5 Å². The molecule has 0 aliphatic carbocycles. The predicted molar refractivity (Wildman–Crippen MR) is 114 cm³/mol. The fourth-order valence-corrected chi connectivity index (χ4v) is 3.84. The standard InChI is InChI=1S/C22H33N5O/c1-22(2,3)20-17(11-8-12-28-20)13-25-21(23-4)26-15-19-24-14-18(27-19)16-9-6-5-7-10-16/h5-7,9-10,14,17,20H,8,11-13,15H2,1-4H3,(H,24,27)(H2,23,25,26). The highest BCUT2D eigenvalue weighted by Crippen LogP contribution is 2.33. The second kappa shape index (κ2) is 9.24. The van der Waals surface area contributed by atoms with Crippen molar-refractivity contribution in [2.24, 2.45) is 16.3 Å². The van der Waals surface area contributed by atoms with Gasteiger partial charge in [0.1, 0.15) is 5.82 Å². The van der Waals surface area contributed by atoms with Gasteiger partial charge in [-0.3, -0.25) is 4.99 Å². The van der Waals surface area contributed by atoms with E-state index in [4.69, 9.17) is 4.74 Å². The van der Waals surface area contributed by atoms with Gasteiger partial charge in [-0.05, 0) is 23.8 Å². The van der Waals surface area contributed by atoms with Gasteiger partial charge in [0.05, 0.1) is 24.5 Å². The minimum absolute atomic E-state index is 0.145. The molecule has 1 fully saturated rings. The van der Waals surface area contributed by atoms with E-state index >= 15 is 0 Å². The van der Waals surface area contributed by atoms with Crippen molar-refractivity contribution >= 4 is 5.96 Å². The number of rotatable bonds is 5. The molecule has 2 heterocycles. The van der Waals surface area contributed by atoms with E-state index in [9.17, 15) is 0 Å². The monoisotopic (exact) mass is 383 g/mol. The number of imidazole rings is 1. The van der Waals surface area contributed by atoms with Gasteiger partial charge in [-0.25, -0.2) is 4.98 Å². The van der Waals surface area contributed by atoms with Crippen LogP contribution in [0.2, 0.25) is 0 Å². The molecule has 2 atom stereocenters. The molecule has 0 spiro atoms. The SMILES string of the molecule is CN=C(NCc1ncc(-c2ccccc2)[nH]1)NCC1CCCOC1C(C)(C)C. The number of ether oxygens (including phenoxy) is 1. The van der Waals surface area contributed by atoms with Crippen LogP contribution < -0.4 is 10.6 Å². The van der Waals surface area contributed by atoms with E-state index in [0.29, 0.717) is 12.5 Å². The maximum Gasteiger partial charge on any atom is 0.191 e. The molecule has 0 bridgehead atoms. The second-order valence-corrected chi connectivity index (χ2v) is 8.48. The van der Waals surface area contributed by atoms with Crippen LogP contribution in [0.1, 0.15) is 39.4 Å². The van der Waals surface area contributed by atoms with Gasteiger partial charge < -0.3 is 20.4 Å². The summed E-state index contributed by atoms with van der Waals surface area (Å²) in [6.07, 6.45) is 4.45. The van der Waals surface area contributed by atoms with E-state index < -0.39 is 0 Å². The molecule has 0 radical (unpaired) electrons. The molecule has 1 aliphatic heterocycles. The van der Waals surface area contributed by atoms with Crippen LogP contribution >= 0.6 is 0 Å². The molecule has 28 heavy (non-hydrogen) atoms. The zero-order valence-corrected chi connectivity index (χ0v) is 17.5. The summed E-state index contributed by atoms with van der Waals surface area (Å²) in [5.41, 5.74) is 2.30. The molecule has 1 aromatic carbocycles. The molecular formula is C22H33N5O. The van der Waals surface area contributed by atoms with Crippen molar-refractivity contribution in [3.63, 3.8) is 0 Å². The van der Waals surface area contributed by atoms with Crippen LogP contribution in [0.15, 0.2) is 41.5 Å². The molecule has 0 saturated carbocycles. The number of nitrogens with zero attached hydrogens (tertiary/aromatic N) is 2. The number of nitrogens with one attached hydrogen (secondary N) is 3. The van der Waals surface area contributed by atoms with Crippen molar-refractivity contribution in [2.75, 3.05) is 20.2 Å². The molecule has 6 nitrogen and oxygen atoms in total. The van der Waals surface area contributed by atoms with Crippen molar-refractivity contribution < 1.29 is 4.74 Å². The fourth-order valence-electron chi connectivity index (χ4n) is 3.84. The van der Waals surface area contributed by atoms with Gasteiger partial charge in [0.2, 0.25) is 0 Å². The lowest BCUT2D eigenvalue weighted by molar-refractivity contribution is -0.0835. The first kappa shape index (κ1) is 20.4. The van der Waals surface area contributed by atoms with Crippen LogP contribution in [0.3, 0.4) is 0 Å². The Morgan fingerprint density at radius 1 is 1.25 bits per heavy atom. The fraction of sp³-hybridized carbons (Fsp3) is 0.545. The first-order chi connectivity index (χ1) is 13.5. The Hall–Kier alpha value is -2.34. The normalized spacial score (nSPS) is 20.8. The molecule has 152 valence electrons. The van der Waals surface area contributed by atoms with E-state index in [1.54, 1.807) is 7.05 Å². The second-order valence-electron chi connectivity index (χ2n) is 8.48. The topological polar surface area (TPSA) is 74.3 Å². The molecule has 2 unspecified atom stereocenters. The lowest BCUT2D eigenvalue weighted by atomic mass is 9.78. The quantitative estimate of drug-likeness (QED) is 0.545. The van der Waals surface area contributed by atoms with Crippen molar-refractivity contribution in [2.45, 2.75) is 46.3 Å². The first-order valence-electron chi connectivity index (χ1n) is 10.1. The van der Waals surface area contributed by atoms with Crippen molar-refractivity contribution in [1.82, 2.24) is 20.6 Å². The zero-order chi connectivity index (χ0) is 20.0. The van der Waals surface area contributed by atoms with Gasteiger partial charge in [0.25, 0.3) is 0 Å². The number of H-pyrrole nitrogens is 1. The van der Waals surface area contributed by atoms with Crippen molar-refractivity contribution in [3.8, 4) is 11.3 Å². The maximum absolute atomic E-state index is 6.08. The highest BCUT2D eigenvalue weighted by atomic mass is 16.5. The Kier molecular flexibility index (Phi) is 6.73. The van der Waals surface area contributed by atoms with Crippen LogP contribution in [0.25, 0.3) is 11.3 Å². The summed E-state index contributed by atoms with van der Waals surface area (Å²) < 4.78 is 6.08. The number of hydrogen-bond donors (Lipinski definition) is 3. The minimum atomic E-state index is 0.145. The third-order valence-electron chi connectivity index (χ3n) is 5.19. The molecule has 1 saturated heterocycles. The summed E-state index contributed by atoms with van der Waals surface area (Å²) in [4.78, 5) is 12.2. The van der Waals surface area contributed by atoms with E-state index in [2.05, 4.69) is 58.5 Å². The average molecular weight is 384 g/mol. The summed E-state index contributed by atoms with van der Waals surface area (Å²) in [7, 11) is 1.80. The van der Waals surface area contributed by atoms with Gasteiger partial charge in [-0.1, -0.05) is 51.1 Å². The number of aromatic amines is 1. The summed E-state index contributed by atoms with van der Waals surface area (Å²) in [5, 5.41) is 6.82. The van der Waals surface area contributed by atoms with Gasteiger partial charge in [0.15, 0.2) is 5.96 Å². The number of hydrogen-bond acceptors (Lipinski definition) is 3. The lowest BCUT2D eigenvalue weighted by Gasteiger charge is -2.40.